The first-order valence-electron chi connectivity index (χ1n) is 9.27. The molecule has 29 heavy (non-hydrogen) atoms. The van der Waals surface area contributed by atoms with Crippen molar-refractivity contribution >= 4 is 34.2 Å². The molecule has 152 valence electrons. The molecule has 1 amide bonds. The molecule has 2 aromatic carbocycles. The summed E-state index contributed by atoms with van der Waals surface area (Å²) in [4.78, 5) is 17.3. The van der Waals surface area contributed by atoms with Crippen LogP contribution >= 0.6 is 11.3 Å². The van der Waals surface area contributed by atoms with E-state index in [4.69, 9.17) is 4.55 Å². The Kier molecular flexibility index (Phi) is 7.51. The van der Waals surface area contributed by atoms with Gasteiger partial charge in [-0.2, -0.15) is 0 Å². The van der Waals surface area contributed by atoms with Crippen molar-refractivity contribution in [2.45, 2.75) is 32.2 Å². The molecule has 0 saturated carbocycles. The number of carbonyl (C=O) groups excluding carboxylic acids is 1. The third-order valence-corrected chi connectivity index (χ3v) is 5.79. The Morgan fingerprint density at radius 2 is 1.86 bits per heavy atom. The fourth-order valence-corrected chi connectivity index (χ4v) is 4.21. The number of nitrogens with one attached hydrogen (secondary N) is 2. The number of aromatic nitrogens is 1. The van der Waals surface area contributed by atoms with E-state index in [0.717, 1.165) is 28.2 Å². The van der Waals surface area contributed by atoms with Gasteiger partial charge in [0.15, 0.2) is 0 Å². The Morgan fingerprint density at radius 3 is 2.48 bits per heavy atom. The lowest BCUT2D eigenvalue weighted by Gasteiger charge is -2.17. The maximum Gasteiger partial charge on any atom is 0.259 e. The van der Waals surface area contributed by atoms with Crippen LogP contribution < -0.4 is 10.0 Å². The van der Waals surface area contributed by atoms with E-state index in [-0.39, 0.29) is 11.9 Å². The van der Waals surface area contributed by atoms with Crippen molar-refractivity contribution in [2.75, 3.05) is 4.72 Å². The molecule has 1 heterocycles. The molecule has 0 aliphatic rings. The molecule has 1 unspecified atom stereocenters. The summed E-state index contributed by atoms with van der Waals surface area (Å²) in [5.41, 5.74) is 3.53. The molecule has 0 radical (unpaired) electrons. The molecule has 0 fully saturated rings. The van der Waals surface area contributed by atoms with Gasteiger partial charge in [0.1, 0.15) is 5.01 Å². The molecule has 0 spiro atoms. The van der Waals surface area contributed by atoms with Crippen LogP contribution in [0.25, 0.3) is 0 Å². The summed E-state index contributed by atoms with van der Waals surface area (Å²) in [6.45, 7) is 2.05. The van der Waals surface area contributed by atoms with Crippen LogP contribution in [0.4, 0.5) is 5.69 Å². The maximum atomic E-state index is 12.6. The summed E-state index contributed by atoms with van der Waals surface area (Å²) in [6, 6.07) is 16.6. The van der Waals surface area contributed by atoms with Gasteiger partial charge in [0.05, 0.1) is 18.2 Å². The number of amides is 1. The molecular formula is C21H23N3O3S2. The highest BCUT2D eigenvalue weighted by molar-refractivity contribution is 7.80. The van der Waals surface area contributed by atoms with Crippen molar-refractivity contribution in [1.29, 1.82) is 0 Å². The van der Waals surface area contributed by atoms with E-state index in [1.165, 1.54) is 0 Å². The Hall–Kier alpha value is -2.55. The highest BCUT2D eigenvalue weighted by atomic mass is 32.2. The van der Waals surface area contributed by atoms with E-state index in [1.807, 2.05) is 47.8 Å². The average Bonchev–Trinajstić information content (AvgIpc) is 3.18. The predicted molar refractivity (Wildman–Crippen MR) is 117 cm³/mol. The summed E-state index contributed by atoms with van der Waals surface area (Å²) in [6.07, 6.45) is 1.74. The molecule has 3 aromatic rings. The van der Waals surface area contributed by atoms with Gasteiger partial charge in [-0.25, -0.2) is 9.19 Å². The van der Waals surface area contributed by atoms with Crippen LogP contribution in [0.3, 0.4) is 0 Å². The van der Waals surface area contributed by atoms with Gasteiger partial charge < -0.3 is 5.32 Å². The van der Waals surface area contributed by atoms with Crippen LogP contribution in [0.1, 0.15) is 34.8 Å². The van der Waals surface area contributed by atoms with Crippen LogP contribution in [-0.4, -0.2) is 19.7 Å². The largest absolute Gasteiger partial charge is 0.346 e. The predicted octanol–water partition coefficient (Wildman–Crippen LogP) is 3.90. The van der Waals surface area contributed by atoms with Gasteiger partial charge in [-0.1, -0.05) is 49.4 Å². The number of carbonyl (C=O) groups is 1. The number of rotatable bonds is 9. The second-order valence-corrected chi connectivity index (χ2v) is 8.16. The van der Waals surface area contributed by atoms with Gasteiger partial charge in [-0.15, -0.1) is 11.3 Å². The number of anilines is 1. The summed E-state index contributed by atoms with van der Waals surface area (Å²) in [7, 11) is 0. The number of thiazole rings is 1. The third kappa shape index (κ3) is 6.49. The molecule has 3 rings (SSSR count). The normalized spacial score (nSPS) is 12.9. The zero-order chi connectivity index (χ0) is 20.6. The van der Waals surface area contributed by atoms with Gasteiger partial charge in [0.2, 0.25) is 5.91 Å². The SMILES string of the molecule is CCc1csc([C@H](Cc2ccc(NS(=O)O)cc2)NC(=O)Cc2ccccc2)n1. The van der Waals surface area contributed by atoms with Crippen molar-refractivity contribution < 1.29 is 13.6 Å². The number of aryl methyl sites for hydroxylation is 1. The minimum Gasteiger partial charge on any atom is -0.346 e. The number of nitrogens with zero attached hydrogens (tertiary/aromatic N) is 1. The van der Waals surface area contributed by atoms with Crippen LogP contribution in [0, 0.1) is 0 Å². The highest BCUT2D eigenvalue weighted by Crippen LogP contribution is 2.24. The molecule has 8 heteroatoms. The Bertz CT molecular complexity index is 959. The number of hydrogen-bond donors (Lipinski definition) is 3. The first kappa shape index (κ1) is 21.2. The van der Waals surface area contributed by atoms with Crippen molar-refractivity contribution in [1.82, 2.24) is 10.3 Å². The van der Waals surface area contributed by atoms with E-state index < -0.39 is 11.3 Å². The average molecular weight is 430 g/mol. The summed E-state index contributed by atoms with van der Waals surface area (Å²) >= 11 is -0.555. The van der Waals surface area contributed by atoms with E-state index in [9.17, 15) is 9.00 Å². The molecule has 3 N–H and O–H groups in total. The molecule has 0 aliphatic carbocycles. The van der Waals surface area contributed by atoms with Gasteiger partial charge in [0.25, 0.3) is 11.3 Å². The summed E-state index contributed by atoms with van der Waals surface area (Å²) in [5, 5.41) is 6.02. The van der Waals surface area contributed by atoms with Crippen LogP contribution in [0.5, 0.6) is 0 Å². The lowest BCUT2D eigenvalue weighted by molar-refractivity contribution is -0.121. The zero-order valence-corrected chi connectivity index (χ0v) is 17.6. The lowest BCUT2D eigenvalue weighted by Crippen LogP contribution is -2.31. The standard InChI is InChI=1S/C21H23N3O3S2/c1-2-17-14-28-21(22-17)19(23-20(25)13-15-6-4-3-5-7-15)12-16-8-10-18(11-9-16)24-29(26)27/h3-11,14,19,24H,2,12-13H2,1H3,(H,23,25)(H,26,27)/t19-/m0/s1. The second-order valence-electron chi connectivity index (χ2n) is 6.57. The summed E-state index contributed by atoms with van der Waals surface area (Å²) in [5.74, 6) is -0.0524. The molecule has 0 saturated heterocycles. The second kappa shape index (κ2) is 10.3. The smallest absolute Gasteiger partial charge is 0.259 e. The van der Waals surface area contributed by atoms with Gasteiger partial charge in [-0.3, -0.25) is 14.1 Å². The Labute approximate surface area is 176 Å². The first-order chi connectivity index (χ1) is 14.0. The van der Waals surface area contributed by atoms with E-state index in [0.29, 0.717) is 18.5 Å². The quantitative estimate of drug-likeness (QED) is 0.450. The van der Waals surface area contributed by atoms with Crippen LogP contribution in [-0.2, 0) is 35.3 Å². The van der Waals surface area contributed by atoms with Crippen molar-refractivity contribution in [3.05, 3.63) is 81.8 Å². The molecule has 0 aliphatic heterocycles. The third-order valence-electron chi connectivity index (χ3n) is 4.37. The fraction of sp³-hybridized carbons (Fsp3) is 0.238. The Morgan fingerprint density at radius 1 is 1.14 bits per heavy atom. The van der Waals surface area contributed by atoms with Gasteiger partial charge >= 0.3 is 0 Å². The van der Waals surface area contributed by atoms with Crippen LogP contribution in [0.2, 0.25) is 0 Å². The topological polar surface area (TPSA) is 91.3 Å². The van der Waals surface area contributed by atoms with Crippen LogP contribution in [0.15, 0.2) is 60.0 Å². The molecule has 6 nitrogen and oxygen atoms in total. The van der Waals surface area contributed by atoms with E-state index in [2.05, 4.69) is 21.9 Å². The van der Waals surface area contributed by atoms with Crippen molar-refractivity contribution in [3.8, 4) is 0 Å². The number of benzene rings is 2. The summed E-state index contributed by atoms with van der Waals surface area (Å²) < 4.78 is 22.2. The molecule has 1 aromatic heterocycles. The van der Waals surface area contributed by atoms with Gasteiger partial charge in [-0.05, 0) is 36.1 Å². The van der Waals surface area contributed by atoms with Crippen molar-refractivity contribution in [3.63, 3.8) is 0 Å². The number of hydrogen-bond acceptors (Lipinski definition) is 4. The molecule has 0 bridgehead atoms. The lowest BCUT2D eigenvalue weighted by atomic mass is 10.0. The molecule has 2 atom stereocenters. The first-order valence-corrected chi connectivity index (χ1v) is 11.3. The fourth-order valence-electron chi connectivity index (χ4n) is 2.92. The minimum absolute atomic E-state index is 0.0524. The van der Waals surface area contributed by atoms with E-state index in [1.54, 1.807) is 23.5 Å². The molecular weight excluding hydrogens is 406 g/mol. The minimum atomic E-state index is -2.10. The van der Waals surface area contributed by atoms with E-state index >= 15 is 0 Å². The highest BCUT2D eigenvalue weighted by Gasteiger charge is 2.19. The monoisotopic (exact) mass is 429 g/mol. The maximum absolute atomic E-state index is 12.6. The van der Waals surface area contributed by atoms with Gasteiger partial charge in [0, 0.05) is 11.1 Å². The Balaban J connectivity index is 1.74. The zero-order valence-electron chi connectivity index (χ0n) is 16.0. The van der Waals surface area contributed by atoms with Crippen molar-refractivity contribution in [2.24, 2.45) is 0 Å².